The molecule has 6 nitrogen and oxygen atoms in total. The standard InChI is InChI=1S/C4H5O6P.2Na/c5-3(6)1-2(4(7)8)11(9)10;;/h1H2,(H,5,6)(H,7,8)(H,9,10);;/q;2*+1/p-2. The normalized spacial score (nSPS) is 7.54. The van der Waals surface area contributed by atoms with Crippen molar-refractivity contribution in [2.45, 2.75) is 6.42 Å². The first-order valence-electron chi connectivity index (χ1n) is 2.38. The number of hydrogen-bond donors (Lipinski definition) is 1. The molecule has 62 valence electrons. The quantitative estimate of drug-likeness (QED) is 0.375. The second-order valence-electron chi connectivity index (χ2n) is 1.56. The number of rotatable bonds is 3. The van der Waals surface area contributed by atoms with Crippen molar-refractivity contribution in [2.75, 3.05) is 0 Å². The molecule has 13 heavy (non-hydrogen) atoms. The molecule has 0 aromatic carbocycles. The third kappa shape index (κ3) is 9.34. The fourth-order valence-corrected chi connectivity index (χ4v) is 0.769. The van der Waals surface area contributed by atoms with Crippen molar-refractivity contribution >= 4 is 25.2 Å². The molecule has 1 N–H and O–H groups in total. The van der Waals surface area contributed by atoms with Gasteiger partial charge in [-0.25, -0.2) is 4.79 Å². The van der Waals surface area contributed by atoms with Crippen LogP contribution in [0.3, 0.4) is 0 Å². The smallest absolute Gasteiger partial charge is 0.633 e. The van der Waals surface area contributed by atoms with E-state index in [1.54, 1.807) is 0 Å². The summed E-state index contributed by atoms with van der Waals surface area (Å²) in [5.41, 5.74) is 0. The van der Waals surface area contributed by atoms with Crippen LogP contribution in [0.25, 0.3) is 0 Å². The molecular formula is C4H3Na2O6P. The minimum Gasteiger partial charge on any atom is -0.633 e. The Morgan fingerprint density at radius 1 is 1.23 bits per heavy atom. The van der Waals surface area contributed by atoms with Gasteiger partial charge in [0.05, 0.1) is 6.42 Å². The van der Waals surface area contributed by atoms with Crippen LogP contribution in [0.4, 0.5) is 0 Å². The first-order valence-corrected chi connectivity index (χ1v) is 3.56. The fourth-order valence-electron chi connectivity index (χ4n) is 0.355. The Hall–Kier alpha value is 1.03. The van der Waals surface area contributed by atoms with E-state index in [1.807, 2.05) is 0 Å². The summed E-state index contributed by atoms with van der Waals surface area (Å²) in [7, 11) is -3.34. The van der Waals surface area contributed by atoms with Crippen molar-refractivity contribution in [2.24, 2.45) is 0 Å². The van der Waals surface area contributed by atoms with E-state index < -0.39 is 31.7 Å². The molecule has 0 amide bonds. The molecular weight excluding hydrogens is 221 g/mol. The van der Waals surface area contributed by atoms with Gasteiger partial charge in [-0.1, -0.05) is 0 Å². The van der Waals surface area contributed by atoms with Gasteiger partial charge in [-0.05, 0) is 0 Å². The molecule has 0 unspecified atom stereocenters. The van der Waals surface area contributed by atoms with Crippen LogP contribution in [0.15, 0.2) is 0 Å². The molecule has 0 heterocycles. The van der Waals surface area contributed by atoms with Crippen LogP contribution in [-0.2, 0) is 9.59 Å². The first-order chi connectivity index (χ1) is 4.95. The molecule has 0 spiro atoms. The molecule has 0 aromatic heterocycles. The second-order valence-corrected chi connectivity index (χ2v) is 2.61. The molecule has 9 heteroatoms. The van der Waals surface area contributed by atoms with Gasteiger partial charge in [0.2, 0.25) is 5.29 Å². The molecule has 0 aliphatic rings. The van der Waals surface area contributed by atoms with Gasteiger partial charge in [0.15, 0.2) is 0 Å². The van der Waals surface area contributed by atoms with Gasteiger partial charge in [-0.15, -0.1) is 0 Å². The molecule has 0 aliphatic heterocycles. The van der Waals surface area contributed by atoms with Gasteiger partial charge in [0.25, 0.3) is 0 Å². The summed E-state index contributed by atoms with van der Waals surface area (Å²) in [6.07, 6.45) is -1.09. The summed E-state index contributed by atoms with van der Waals surface area (Å²) in [5.74, 6) is -3.49. The van der Waals surface area contributed by atoms with Gasteiger partial charge in [0.1, 0.15) is 0 Å². The van der Waals surface area contributed by atoms with E-state index in [2.05, 4.69) is 0 Å². The number of aliphatic carboxylic acids is 2. The molecule has 0 saturated heterocycles. The maximum Gasteiger partial charge on any atom is 1.00 e. The zero-order valence-corrected chi connectivity index (χ0v) is 12.0. The number of carbonyl (C=O) groups is 2. The Balaban J connectivity index is -0.000000500. The molecule has 0 fully saturated rings. The molecule has 0 saturated carbocycles. The van der Waals surface area contributed by atoms with Gasteiger partial charge in [-0.3, -0.25) is 0 Å². The van der Waals surface area contributed by atoms with Crippen molar-refractivity contribution in [3.05, 3.63) is 0 Å². The third-order valence-corrected chi connectivity index (χ3v) is 1.57. The molecule has 0 atom stereocenters. The van der Waals surface area contributed by atoms with Crippen LogP contribution in [0, 0.1) is 0 Å². The minimum absolute atomic E-state index is 0. The number of hydrogen-bond acceptors (Lipinski definition) is 5. The van der Waals surface area contributed by atoms with Crippen LogP contribution in [-0.4, -0.2) is 22.3 Å². The SMILES string of the molecule is O=C([O-])CC(C(=O)O)=[P+]([O-])[O-].[Na+].[Na+]. The summed E-state index contributed by atoms with van der Waals surface area (Å²) < 4.78 is 0. The Bertz CT molecular complexity index is 223. The molecule has 0 radical (unpaired) electrons. The van der Waals surface area contributed by atoms with E-state index in [9.17, 15) is 24.5 Å². The Kier molecular flexibility index (Phi) is 14.4. The van der Waals surface area contributed by atoms with Crippen molar-refractivity contribution in [3.63, 3.8) is 0 Å². The number of carboxylic acids is 2. The predicted molar refractivity (Wildman–Crippen MR) is 29.2 cm³/mol. The Morgan fingerprint density at radius 3 is 1.69 bits per heavy atom. The van der Waals surface area contributed by atoms with Crippen LogP contribution in [0.5, 0.6) is 0 Å². The summed E-state index contributed by atoms with van der Waals surface area (Å²) in [6.45, 7) is 0. The van der Waals surface area contributed by atoms with Gasteiger partial charge in [-0.2, -0.15) is 0 Å². The molecule has 0 rings (SSSR count). The summed E-state index contributed by atoms with van der Waals surface area (Å²) in [5, 5.41) is 16.8. The minimum atomic E-state index is -3.34. The van der Waals surface area contributed by atoms with Crippen LogP contribution in [0.2, 0.25) is 0 Å². The van der Waals surface area contributed by atoms with E-state index in [1.165, 1.54) is 0 Å². The van der Waals surface area contributed by atoms with Crippen LogP contribution >= 0.6 is 8.00 Å². The van der Waals surface area contributed by atoms with E-state index in [-0.39, 0.29) is 59.1 Å². The zero-order valence-electron chi connectivity index (χ0n) is 7.14. The first kappa shape index (κ1) is 19.6. The third-order valence-electron chi connectivity index (χ3n) is 0.779. The van der Waals surface area contributed by atoms with Crippen LogP contribution in [0.1, 0.15) is 6.42 Å². The van der Waals surface area contributed by atoms with Gasteiger partial charge < -0.3 is 24.8 Å². The zero-order chi connectivity index (χ0) is 9.02. The molecule has 0 aromatic rings. The van der Waals surface area contributed by atoms with Gasteiger partial charge in [0, 0.05) is 14.0 Å². The summed E-state index contributed by atoms with van der Waals surface area (Å²) in [4.78, 5) is 39.7. The average Bonchev–Trinajstić information content (AvgIpc) is 1.81. The summed E-state index contributed by atoms with van der Waals surface area (Å²) in [6, 6.07) is 0. The van der Waals surface area contributed by atoms with Crippen molar-refractivity contribution in [1.82, 2.24) is 0 Å². The predicted octanol–water partition coefficient (Wildman–Crippen LogP) is -9.58. The van der Waals surface area contributed by atoms with Crippen molar-refractivity contribution in [1.29, 1.82) is 0 Å². The van der Waals surface area contributed by atoms with E-state index in [4.69, 9.17) is 5.11 Å². The Labute approximate surface area is 119 Å². The molecule has 0 aliphatic carbocycles. The number of carboxylic acid groups (broad SMARTS) is 2. The molecule has 0 bridgehead atoms. The van der Waals surface area contributed by atoms with E-state index in [0.29, 0.717) is 0 Å². The average molecular weight is 224 g/mol. The van der Waals surface area contributed by atoms with E-state index in [0.717, 1.165) is 0 Å². The van der Waals surface area contributed by atoms with Crippen molar-refractivity contribution < 1.29 is 88.7 Å². The Morgan fingerprint density at radius 2 is 1.62 bits per heavy atom. The maximum atomic E-state index is 10.0. The van der Waals surface area contributed by atoms with Crippen LogP contribution < -0.4 is 74.0 Å². The summed E-state index contributed by atoms with van der Waals surface area (Å²) >= 11 is 0. The number of carbonyl (C=O) groups excluding carboxylic acids is 1. The van der Waals surface area contributed by atoms with Gasteiger partial charge >= 0.3 is 65.1 Å². The van der Waals surface area contributed by atoms with Crippen molar-refractivity contribution in [3.8, 4) is 0 Å². The maximum absolute atomic E-state index is 10.0. The topological polar surface area (TPSA) is 124 Å². The van der Waals surface area contributed by atoms with E-state index >= 15 is 0 Å². The monoisotopic (exact) mass is 224 g/mol. The largest absolute Gasteiger partial charge is 1.00 e. The second kappa shape index (κ2) is 9.58. The fraction of sp³-hybridized carbons (Fsp3) is 0.250.